The van der Waals surface area contributed by atoms with Crippen molar-refractivity contribution in [2.24, 2.45) is 0 Å². The van der Waals surface area contributed by atoms with Crippen molar-refractivity contribution in [3.63, 3.8) is 0 Å². The van der Waals surface area contributed by atoms with E-state index in [4.69, 9.17) is 0 Å². The van der Waals surface area contributed by atoms with Gasteiger partial charge in [-0.05, 0) is 51.3 Å². The van der Waals surface area contributed by atoms with Crippen molar-refractivity contribution in [2.45, 2.75) is 50.4 Å². The van der Waals surface area contributed by atoms with Gasteiger partial charge < -0.3 is 9.88 Å². The van der Waals surface area contributed by atoms with E-state index >= 15 is 0 Å². The minimum atomic E-state index is 0.172. The number of nitrogens with zero attached hydrogens (tertiary/aromatic N) is 4. The number of rotatable bonds is 5. The average molecular weight is 446 g/mol. The third-order valence-electron chi connectivity index (χ3n) is 6.28. The van der Waals surface area contributed by atoms with Crippen molar-refractivity contribution in [3.8, 4) is 17.1 Å². The molecular formula is C25H27N5OS. The molecule has 2 atom stereocenters. The Kier molecular flexibility index (Phi) is 5.74. The number of carbonyl (C=O) groups is 1. The molecule has 2 aromatic heterocycles. The van der Waals surface area contributed by atoms with Gasteiger partial charge in [-0.25, -0.2) is 0 Å². The minimum absolute atomic E-state index is 0.172. The lowest BCUT2D eigenvalue weighted by Gasteiger charge is -2.39. The maximum Gasteiger partial charge on any atom is 0.233 e. The summed E-state index contributed by atoms with van der Waals surface area (Å²) in [6.45, 7) is 4.31. The van der Waals surface area contributed by atoms with Crippen LogP contribution in [0.2, 0.25) is 0 Å². The van der Waals surface area contributed by atoms with Crippen LogP contribution in [-0.4, -0.2) is 48.4 Å². The Hall–Kier alpha value is -3.06. The normalized spacial score (nSPS) is 18.9. The van der Waals surface area contributed by atoms with Crippen LogP contribution in [0.4, 0.5) is 0 Å². The van der Waals surface area contributed by atoms with Gasteiger partial charge in [-0.1, -0.05) is 48.2 Å². The summed E-state index contributed by atoms with van der Waals surface area (Å²) in [7, 11) is 0. The number of benzene rings is 2. The highest BCUT2D eigenvalue weighted by Crippen LogP contribution is 2.33. The summed E-state index contributed by atoms with van der Waals surface area (Å²) in [6.07, 6.45) is 5.32. The van der Waals surface area contributed by atoms with E-state index < -0.39 is 0 Å². The van der Waals surface area contributed by atoms with Crippen LogP contribution in [0.1, 0.15) is 33.1 Å². The molecule has 0 spiro atoms. The number of carbonyl (C=O) groups excluding carboxylic acids is 1. The summed E-state index contributed by atoms with van der Waals surface area (Å²) in [6, 6.07) is 18.9. The smallest absolute Gasteiger partial charge is 0.233 e. The van der Waals surface area contributed by atoms with E-state index in [0.29, 0.717) is 17.8 Å². The minimum Gasteiger partial charge on any atom is -0.360 e. The molecule has 2 aromatic carbocycles. The first-order chi connectivity index (χ1) is 15.6. The Bertz CT molecular complexity index is 1220. The van der Waals surface area contributed by atoms with E-state index in [0.717, 1.165) is 46.0 Å². The molecule has 0 saturated carbocycles. The molecule has 1 N–H and O–H groups in total. The quantitative estimate of drug-likeness (QED) is 0.424. The average Bonchev–Trinajstić information content (AvgIpc) is 3.42. The molecule has 6 nitrogen and oxygen atoms in total. The Morgan fingerprint density at radius 1 is 1.03 bits per heavy atom. The highest BCUT2D eigenvalue weighted by molar-refractivity contribution is 7.99. The fourth-order valence-electron chi connectivity index (χ4n) is 4.72. The lowest BCUT2D eigenvalue weighted by Crippen LogP contribution is -2.48. The summed E-state index contributed by atoms with van der Waals surface area (Å²) in [5, 5.41) is 10.9. The van der Waals surface area contributed by atoms with Crippen molar-refractivity contribution in [1.82, 2.24) is 24.6 Å². The van der Waals surface area contributed by atoms with Crippen LogP contribution in [0, 0.1) is 0 Å². The first-order valence-corrected chi connectivity index (χ1v) is 12.1. The molecule has 5 rings (SSSR count). The Labute approximate surface area is 192 Å². The monoisotopic (exact) mass is 445 g/mol. The maximum atomic E-state index is 13.1. The maximum absolute atomic E-state index is 13.1. The summed E-state index contributed by atoms with van der Waals surface area (Å²) < 4.78 is 2.05. The van der Waals surface area contributed by atoms with Crippen molar-refractivity contribution in [3.05, 3.63) is 60.8 Å². The van der Waals surface area contributed by atoms with Gasteiger partial charge in [0, 0.05) is 40.4 Å². The molecule has 2 unspecified atom stereocenters. The molecule has 164 valence electrons. The highest BCUT2D eigenvalue weighted by Gasteiger charge is 2.29. The molecule has 7 heteroatoms. The number of fused-ring (bicyclic) bond motifs is 1. The third-order valence-corrected chi connectivity index (χ3v) is 7.20. The number of thioether (sulfide) groups is 1. The number of amides is 1. The zero-order valence-corrected chi connectivity index (χ0v) is 19.2. The topological polar surface area (TPSA) is 66.8 Å². The fourth-order valence-corrected chi connectivity index (χ4v) is 5.54. The largest absolute Gasteiger partial charge is 0.360 e. The van der Waals surface area contributed by atoms with Gasteiger partial charge >= 0.3 is 0 Å². The molecule has 4 aromatic rings. The number of piperidine rings is 1. The predicted molar refractivity (Wildman–Crippen MR) is 129 cm³/mol. The second-order valence-corrected chi connectivity index (χ2v) is 9.39. The Morgan fingerprint density at radius 2 is 1.75 bits per heavy atom. The van der Waals surface area contributed by atoms with Crippen LogP contribution >= 0.6 is 11.8 Å². The van der Waals surface area contributed by atoms with Gasteiger partial charge in [-0.3, -0.25) is 9.36 Å². The molecule has 1 aliphatic rings. The molecule has 1 aliphatic heterocycles. The van der Waals surface area contributed by atoms with Gasteiger partial charge in [0.25, 0.3) is 0 Å². The van der Waals surface area contributed by atoms with Crippen LogP contribution in [-0.2, 0) is 4.79 Å². The van der Waals surface area contributed by atoms with E-state index in [1.54, 1.807) is 0 Å². The lowest BCUT2D eigenvalue weighted by atomic mass is 9.98. The van der Waals surface area contributed by atoms with E-state index in [9.17, 15) is 4.79 Å². The number of likely N-dealkylation sites (tertiary alicyclic amines) is 1. The number of hydrogen-bond donors (Lipinski definition) is 1. The summed E-state index contributed by atoms with van der Waals surface area (Å²) in [5.74, 6) is 1.29. The SMILES string of the molecule is CC1CCCC(C)N1C(=O)CSc1nnc(-c2c[nH]c3ccccc23)n1-c1ccccc1. The van der Waals surface area contributed by atoms with Gasteiger partial charge in [0.05, 0.1) is 5.75 Å². The number of H-pyrrole nitrogens is 1. The van der Waals surface area contributed by atoms with Crippen LogP contribution in [0.25, 0.3) is 28.0 Å². The third kappa shape index (κ3) is 3.81. The second-order valence-electron chi connectivity index (χ2n) is 8.44. The molecule has 0 bridgehead atoms. The zero-order chi connectivity index (χ0) is 22.1. The van der Waals surface area contributed by atoms with Crippen molar-refractivity contribution in [2.75, 3.05) is 5.75 Å². The van der Waals surface area contributed by atoms with E-state index in [1.165, 1.54) is 18.2 Å². The van der Waals surface area contributed by atoms with E-state index in [2.05, 4.69) is 50.6 Å². The first-order valence-electron chi connectivity index (χ1n) is 11.1. The second kappa shape index (κ2) is 8.82. The zero-order valence-electron chi connectivity index (χ0n) is 18.4. The van der Waals surface area contributed by atoms with Gasteiger partial charge in [0.1, 0.15) is 0 Å². The highest BCUT2D eigenvalue weighted by atomic mass is 32.2. The van der Waals surface area contributed by atoms with E-state index in [-0.39, 0.29) is 5.91 Å². The van der Waals surface area contributed by atoms with Gasteiger partial charge in [-0.2, -0.15) is 0 Å². The van der Waals surface area contributed by atoms with Gasteiger partial charge in [0.15, 0.2) is 11.0 Å². The standard InChI is InChI=1S/C25H27N5OS/c1-17-9-8-10-18(2)29(17)23(31)16-32-25-28-27-24(30(25)19-11-4-3-5-12-19)21-15-26-22-14-7-6-13-20(21)22/h3-7,11-15,17-18,26H,8-10,16H2,1-2H3. The number of para-hydroxylation sites is 2. The predicted octanol–water partition coefficient (Wildman–Crippen LogP) is 5.30. The summed E-state index contributed by atoms with van der Waals surface area (Å²) >= 11 is 1.46. The molecule has 3 heterocycles. The van der Waals surface area contributed by atoms with Crippen molar-refractivity contribution >= 4 is 28.6 Å². The molecule has 0 aliphatic carbocycles. The summed E-state index contributed by atoms with van der Waals surface area (Å²) in [5.41, 5.74) is 3.03. The molecular weight excluding hydrogens is 418 g/mol. The molecule has 1 amide bonds. The van der Waals surface area contributed by atoms with Crippen LogP contribution in [0.15, 0.2) is 66.0 Å². The van der Waals surface area contributed by atoms with Crippen LogP contribution in [0.3, 0.4) is 0 Å². The van der Waals surface area contributed by atoms with Gasteiger partial charge in [0.2, 0.25) is 5.91 Å². The number of hydrogen-bond acceptors (Lipinski definition) is 4. The van der Waals surface area contributed by atoms with Crippen molar-refractivity contribution < 1.29 is 4.79 Å². The molecule has 0 radical (unpaired) electrons. The Balaban J connectivity index is 1.49. The van der Waals surface area contributed by atoms with Gasteiger partial charge in [-0.15, -0.1) is 10.2 Å². The fraction of sp³-hybridized carbons (Fsp3) is 0.320. The number of aromatic nitrogens is 4. The van der Waals surface area contributed by atoms with Crippen LogP contribution in [0.5, 0.6) is 0 Å². The summed E-state index contributed by atoms with van der Waals surface area (Å²) in [4.78, 5) is 18.5. The number of nitrogens with one attached hydrogen (secondary N) is 1. The first kappa shape index (κ1) is 20.8. The van der Waals surface area contributed by atoms with Crippen LogP contribution < -0.4 is 0 Å². The van der Waals surface area contributed by atoms with E-state index in [1.807, 2.05) is 48.7 Å². The van der Waals surface area contributed by atoms with Crippen molar-refractivity contribution in [1.29, 1.82) is 0 Å². The molecule has 32 heavy (non-hydrogen) atoms. The lowest BCUT2D eigenvalue weighted by molar-refractivity contribution is -0.134. The Morgan fingerprint density at radius 3 is 2.53 bits per heavy atom. The number of aromatic amines is 1. The molecule has 1 saturated heterocycles. The molecule has 1 fully saturated rings.